The molecule has 2 rings (SSSR count). The van der Waals surface area contributed by atoms with E-state index in [0.717, 1.165) is 0 Å². The van der Waals surface area contributed by atoms with Gasteiger partial charge in [-0.3, -0.25) is 0 Å². The van der Waals surface area contributed by atoms with Crippen molar-refractivity contribution in [2.24, 2.45) is 0 Å². The molecule has 0 bridgehead atoms. The molecular weight excluding hydrogens is 250 g/mol. The first-order valence-corrected chi connectivity index (χ1v) is 7.68. The summed E-state index contributed by atoms with van der Waals surface area (Å²) in [5.74, 6) is 0. The highest BCUT2D eigenvalue weighted by Crippen LogP contribution is 2.29. The highest BCUT2D eigenvalue weighted by molar-refractivity contribution is 7.08. The number of aryl methyl sites for hydroxylation is 1. The monoisotopic (exact) mass is 273 g/mol. The summed E-state index contributed by atoms with van der Waals surface area (Å²) in [6.07, 6.45) is 0. The Labute approximate surface area is 120 Å². The first kappa shape index (κ1) is 14.3. The van der Waals surface area contributed by atoms with Crippen molar-refractivity contribution in [1.29, 1.82) is 0 Å². The fourth-order valence-electron chi connectivity index (χ4n) is 2.34. The lowest BCUT2D eigenvalue weighted by molar-refractivity contribution is 0.589. The van der Waals surface area contributed by atoms with Gasteiger partial charge in [0.25, 0.3) is 0 Å². The van der Waals surface area contributed by atoms with Crippen LogP contribution in [0, 0.1) is 6.92 Å². The molecule has 1 heterocycles. The smallest absolute Gasteiger partial charge is 0.0585 e. The van der Waals surface area contributed by atoms with Gasteiger partial charge in [0.15, 0.2) is 0 Å². The van der Waals surface area contributed by atoms with Gasteiger partial charge in [0.05, 0.1) is 6.04 Å². The summed E-state index contributed by atoms with van der Waals surface area (Å²) in [7, 11) is 2.03. The second-order valence-corrected chi connectivity index (χ2v) is 6.85. The standard InChI is InChI=1S/C17H23NS/c1-12-10-19-11-15(12)16(18-5)13-6-8-14(9-7-13)17(2,3)4/h6-11,16,18H,1-5H3. The van der Waals surface area contributed by atoms with Gasteiger partial charge in [-0.05, 0) is 52.4 Å². The third-order valence-corrected chi connectivity index (χ3v) is 4.48. The van der Waals surface area contributed by atoms with E-state index in [-0.39, 0.29) is 5.41 Å². The molecule has 0 aliphatic rings. The number of hydrogen-bond acceptors (Lipinski definition) is 2. The van der Waals surface area contributed by atoms with Gasteiger partial charge >= 0.3 is 0 Å². The average molecular weight is 273 g/mol. The predicted molar refractivity (Wildman–Crippen MR) is 85.1 cm³/mol. The molecule has 1 atom stereocenters. The van der Waals surface area contributed by atoms with Crippen LogP contribution in [0.1, 0.15) is 49.1 Å². The van der Waals surface area contributed by atoms with Crippen molar-refractivity contribution in [1.82, 2.24) is 5.32 Å². The number of thiophene rings is 1. The molecule has 0 saturated heterocycles. The molecule has 1 aromatic carbocycles. The molecule has 1 aromatic heterocycles. The fourth-order valence-corrected chi connectivity index (χ4v) is 3.22. The van der Waals surface area contributed by atoms with Crippen molar-refractivity contribution in [3.05, 3.63) is 57.3 Å². The zero-order chi connectivity index (χ0) is 14.0. The van der Waals surface area contributed by atoms with Crippen molar-refractivity contribution in [3.63, 3.8) is 0 Å². The van der Waals surface area contributed by atoms with Crippen molar-refractivity contribution in [3.8, 4) is 0 Å². The Balaban J connectivity index is 2.33. The van der Waals surface area contributed by atoms with E-state index in [4.69, 9.17) is 0 Å². The molecule has 0 saturated carbocycles. The third-order valence-electron chi connectivity index (χ3n) is 3.60. The quantitative estimate of drug-likeness (QED) is 0.857. The second-order valence-electron chi connectivity index (χ2n) is 6.10. The van der Waals surface area contributed by atoms with E-state index in [1.807, 2.05) is 7.05 Å². The van der Waals surface area contributed by atoms with Crippen LogP contribution < -0.4 is 5.32 Å². The highest BCUT2D eigenvalue weighted by Gasteiger charge is 2.17. The summed E-state index contributed by atoms with van der Waals surface area (Å²) in [5.41, 5.74) is 5.68. The van der Waals surface area contributed by atoms with Gasteiger partial charge in [-0.25, -0.2) is 0 Å². The summed E-state index contributed by atoms with van der Waals surface area (Å²) in [6, 6.07) is 9.29. The SMILES string of the molecule is CNC(c1ccc(C(C)(C)C)cc1)c1cscc1C. The number of nitrogens with one attached hydrogen (secondary N) is 1. The molecule has 2 heteroatoms. The number of rotatable bonds is 3. The molecule has 0 amide bonds. The Bertz CT molecular complexity index is 531. The van der Waals surface area contributed by atoms with E-state index in [2.05, 4.69) is 68.0 Å². The zero-order valence-corrected chi connectivity index (χ0v) is 13.3. The molecule has 1 unspecified atom stereocenters. The second kappa shape index (κ2) is 5.48. The molecule has 102 valence electrons. The van der Waals surface area contributed by atoms with Crippen LogP contribution in [0.3, 0.4) is 0 Å². The molecule has 19 heavy (non-hydrogen) atoms. The molecule has 0 aliphatic heterocycles. The molecule has 0 spiro atoms. The molecule has 0 aliphatic carbocycles. The van der Waals surface area contributed by atoms with Gasteiger partial charge in [0, 0.05) is 0 Å². The van der Waals surface area contributed by atoms with Gasteiger partial charge in [-0.15, -0.1) is 0 Å². The van der Waals surface area contributed by atoms with E-state index in [1.165, 1.54) is 22.3 Å². The Morgan fingerprint density at radius 2 is 1.68 bits per heavy atom. The topological polar surface area (TPSA) is 12.0 Å². The van der Waals surface area contributed by atoms with Crippen LogP contribution in [-0.4, -0.2) is 7.05 Å². The van der Waals surface area contributed by atoms with Crippen LogP contribution in [0.25, 0.3) is 0 Å². The number of benzene rings is 1. The van der Waals surface area contributed by atoms with Gasteiger partial charge < -0.3 is 5.32 Å². The minimum Gasteiger partial charge on any atom is -0.309 e. The summed E-state index contributed by atoms with van der Waals surface area (Å²) in [6.45, 7) is 8.93. The molecule has 1 nitrogen and oxygen atoms in total. The van der Waals surface area contributed by atoms with Crippen LogP contribution in [0.2, 0.25) is 0 Å². The minimum absolute atomic E-state index is 0.214. The van der Waals surface area contributed by atoms with Crippen LogP contribution in [0.5, 0.6) is 0 Å². The van der Waals surface area contributed by atoms with E-state index in [1.54, 1.807) is 11.3 Å². The van der Waals surface area contributed by atoms with E-state index in [0.29, 0.717) is 6.04 Å². The number of hydrogen-bond donors (Lipinski definition) is 1. The van der Waals surface area contributed by atoms with E-state index >= 15 is 0 Å². The normalized spacial score (nSPS) is 13.5. The van der Waals surface area contributed by atoms with Crippen molar-refractivity contribution < 1.29 is 0 Å². The molecule has 0 fully saturated rings. The summed E-state index contributed by atoms with van der Waals surface area (Å²) in [4.78, 5) is 0. The van der Waals surface area contributed by atoms with Crippen LogP contribution in [-0.2, 0) is 5.41 Å². The lowest BCUT2D eigenvalue weighted by Crippen LogP contribution is -2.18. The molecular formula is C17H23NS. The molecule has 2 aromatic rings. The van der Waals surface area contributed by atoms with Crippen LogP contribution in [0.4, 0.5) is 0 Å². The summed E-state index contributed by atoms with van der Waals surface area (Å²) >= 11 is 1.77. The first-order chi connectivity index (χ1) is 8.93. The lowest BCUT2D eigenvalue weighted by Gasteiger charge is -2.21. The Kier molecular flexibility index (Phi) is 4.12. The van der Waals surface area contributed by atoms with Crippen LogP contribution in [0.15, 0.2) is 35.0 Å². The Hall–Kier alpha value is -1.12. The van der Waals surface area contributed by atoms with Gasteiger partial charge in [0.2, 0.25) is 0 Å². The first-order valence-electron chi connectivity index (χ1n) is 6.74. The van der Waals surface area contributed by atoms with Gasteiger partial charge in [-0.1, -0.05) is 45.0 Å². The third kappa shape index (κ3) is 3.07. The Morgan fingerprint density at radius 3 is 2.11 bits per heavy atom. The average Bonchev–Trinajstić information content (AvgIpc) is 2.76. The zero-order valence-electron chi connectivity index (χ0n) is 12.4. The predicted octanol–water partition coefficient (Wildman–Crippen LogP) is 4.66. The maximum atomic E-state index is 3.43. The van der Waals surface area contributed by atoms with Crippen molar-refractivity contribution >= 4 is 11.3 Å². The minimum atomic E-state index is 0.214. The van der Waals surface area contributed by atoms with Crippen molar-refractivity contribution in [2.75, 3.05) is 7.05 Å². The maximum Gasteiger partial charge on any atom is 0.0585 e. The maximum absolute atomic E-state index is 3.43. The van der Waals surface area contributed by atoms with E-state index in [9.17, 15) is 0 Å². The fraction of sp³-hybridized carbons (Fsp3) is 0.412. The summed E-state index contributed by atoms with van der Waals surface area (Å²) in [5, 5.41) is 7.88. The van der Waals surface area contributed by atoms with Gasteiger partial charge in [-0.2, -0.15) is 11.3 Å². The molecule has 0 radical (unpaired) electrons. The Morgan fingerprint density at radius 1 is 1.05 bits per heavy atom. The van der Waals surface area contributed by atoms with Gasteiger partial charge in [0.1, 0.15) is 0 Å². The lowest BCUT2D eigenvalue weighted by atomic mass is 9.86. The molecule has 1 N–H and O–H groups in total. The van der Waals surface area contributed by atoms with E-state index < -0.39 is 0 Å². The van der Waals surface area contributed by atoms with Crippen LogP contribution >= 0.6 is 11.3 Å². The highest BCUT2D eigenvalue weighted by atomic mass is 32.1. The van der Waals surface area contributed by atoms with Crippen molar-refractivity contribution in [2.45, 2.75) is 39.2 Å². The largest absolute Gasteiger partial charge is 0.309 e. The summed E-state index contributed by atoms with van der Waals surface area (Å²) < 4.78 is 0.